The van der Waals surface area contributed by atoms with E-state index in [1.165, 1.54) is 11.8 Å². The van der Waals surface area contributed by atoms with Gasteiger partial charge in [-0.25, -0.2) is 0 Å². The second-order valence-electron chi connectivity index (χ2n) is 6.68. The molecule has 29 heavy (non-hydrogen) atoms. The van der Waals surface area contributed by atoms with Gasteiger partial charge < -0.3 is 18.6 Å². The minimum absolute atomic E-state index is 0.118. The minimum Gasteiger partial charge on any atom is -0.459 e. The molecule has 7 nitrogen and oxygen atoms in total. The number of amides is 1. The Morgan fingerprint density at radius 2 is 2.00 bits per heavy atom. The van der Waals surface area contributed by atoms with Crippen LogP contribution in [0.1, 0.15) is 11.3 Å². The number of carbonyl (C=O) groups is 1. The number of nitrogens with zero attached hydrogens (tertiary/aromatic N) is 4. The van der Waals surface area contributed by atoms with Crippen LogP contribution in [-0.4, -0.2) is 47.7 Å². The van der Waals surface area contributed by atoms with Gasteiger partial charge in [-0.15, -0.1) is 11.8 Å². The molecule has 2 aromatic heterocycles. The van der Waals surface area contributed by atoms with Gasteiger partial charge in [0.05, 0.1) is 12.0 Å². The molecule has 1 aromatic carbocycles. The summed E-state index contributed by atoms with van der Waals surface area (Å²) in [5, 5.41) is 9.40. The van der Waals surface area contributed by atoms with Crippen LogP contribution in [0.4, 0.5) is 5.88 Å². The number of benzene rings is 1. The van der Waals surface area contributed by atoms with Gasteiger partial charge in [0.25, 0.3) is 5.89 Å². The van der Waals surface area contributed by atoms with Crippen LogP contribution < -0.4 is 4.90 Å². The Morgan fingerprint density at radius 1 is 1.21 bits per heavy atom. The highest BCUT2D eigenvalue weighted by molar-refractivity contribution is 8.00. The molecular weight excluding hydrogens is 388 g/mol. The van der Waals surface area contributed by atoms with Crippen molar-refractivity contribution < 1.29 is 13.6 Å². The monoisotopic (exact) mass is 408 g/mol. The van der Waals surface area contributed by atoms with Crippen molar-refractivity contribution in [2.45, 2.75) is 11.8 Å². The van der Waals surface area contributed by atoms with Crippen molar-refractivity contribution in [2.75, 3.05) is 36.8 Å². The second-order valence-corrected chi connectivity index (χ2v) is 7.70. The lowest BCUT2D eigenvalue weighted by Crippen LogP contribution is -2.49. The first-order chi connectivity index (χ1) is 14.2. The summed E-state index contributed by atoms with van der Waals surface area (Å²) in [6.45, 7) is 4.38. The van der Waals surface area contributed by atoms with Crippen LogP contribution >= 0.6 is 11.8 Å². The van der Waals surface area contributed by atoms with E-state index >= 15 is 0 Å². The number of carbonyl (C=O) groups excluding carboxylic acids is 1. The number of thioether (sulfide) groups is 1. The van der Waals surface area contributed by atoms with Crippen molar-refractivity contribution in [3.05, 3.63) is 53.9 Å². The van der Waals surface area contributed by atoms with E-state index in [2.05, 4.69) is 11.1 Å². The third kappa shape index (κ3) is 4.15. The zero-order valence-corrected chi connectivity index (χ0v) is 16.8. The van der Waals surface area contributed by atoms with Crippen molar-refractivity contribution in [3.8, 4) is 17.7 Å². The SMILES string of the molecule is Cc1ccccc1SCC(=O)N1CCN(c2oc(-c3ccco3)nc2C#N)CC1. The molecular formula is C21H20N4O3S. The summed E-state index contributed by atoms with van der Waals surface area (Å²) in [6, 6.07) is 13.6. The zero-order chi connectivity index (χ0) is 20.2. The maximum Gasteiger partial charge on any atom is 0.266 e. The fourth-order valence-electron chi connectivity index (χ4n) is 3.21. The van der Waals surface area contributed by atoms with Gasteiger partial charge in [-0.2, -0.15) is 10.2 Å². The van der Waals surface area contributed by atoms with Crippen molar-refractivity contribution in [2.24, 2.45) is 0 Å². The maximum atomic E-state index is 12.6. The number of rotatable bonds is 5. The largest absolute Gasteiger partial charge is 0.459 e. The first-order valence-electron chi connectivity index (χ1n) is 9.31. The van der Waals surface area contributed by atoms with Crippen molar-refractivity contribution in [3.63, 3.8) is 0 Å². The topological polar surface area (TPSA) is 86.5 Å². The Kier molecular flexibility index (Phi) is 5.58. The number of aromatic nitrogens is 1. The molecule has 0 saturated carbocycles. The molecule has 1 aliphatic heterocycles. The molecule has 0 spiro atoms. The lowest BCUT2D eigenvalue weighted by Gasteiger charge is -2.34. The molecule has 0 atom stereocenters. The predicted octanol–water partition coefficient (Wildman–Crippen LogP) is 3.56. The summed E-state index contributed by atoms with van der Waals surface area (Å²) < 4.78 is 11.1. The van der Waals surface area contributed by atoms with E-state index in [9.17, 15) is 10.1 Å². The third-order valence-electron chi connectivity index (χ3n) is 4.81. The standard InChI is InChI=1S/C21H20N4O3S/c1-15-5-2-3-7-18(15)29-14-19(26)24-8-10-25(11-9-24)21-16(13-22)23-20(28-21)17-6-4-12-27-17/h2-7,12H,8-11,14H2,1H3. The lowest BCUT2D eigenvalue weighted by molar-refractivity contribution is -0.128. The van der Waals surface area contributed by atoms with E-state index in [0.717, 1.165) is 4.90 Å². The Bertz CT molecular complexity index is 1030. The fourth-order valence-corrected chi connectivity index (χ4v) is 4.15. The maximum absolute atomic E-state index is 12.6. The van der Waals surface area contributed by atoms with Gasteiger partial charge in [0.15, 0.2) is 5.76 Å². The molecule has 8 heteroatoms. The number of hydrogen-bond acceptors (Lipinski definition) is 7. The summed E-state index contributed by atoms with van der Waals surface area (Å²) in [5.74, 6) is 1.73. The van der Waals surface area contributed by atoms with Gasteiger partial charge in [-0.05, 0) is 30.7 Å². The van der Waals surface area contributed by atoms with E-state index in [1.807, 2.05) is 41.0 Å². The van der Waals surface area contributed by atoms with Gasteiger partial charge >= 0.3 is 0 Å². The number of anilines is 1. The third-order valence-corrected chi connectivity index (χ3v) is 5.97. The molecule has 4 rings (SSSR count). The molecule has 0 unspecified atom stereocenters. The van der Waals surface area contributed by atoms with E-state index in [4.69, 9.17) is 8.83 Å². The Labute approximate surface area is 172 Å². The lowest BCUT2D eigenvalue weighted by atomic mass is 10.2. The molecule has 1 fully saturated rings. The number of aryl methyl sites for hydroxylation is 1. The molecule has 0 bridgehead atoms. The highest BCUT2D eigenvalue weighted by Gasteiger charge is 2.27. The van der Waals surface area contributed by atoms with Crippen LogP contribution in [0.25, 0.3) is 11.7 Å². The van der Waals surface area contributed by atoms with E-state index in [-0.39, 0.29) is 17.5 Å². The molecule has 1 aliphatic rings. The van der Waals surface area contributed by atoms with Gasteiger partial charge in [0.1, 0.15) is 6.07 Å². The molecule has 3 aromatic rings. The van der Waals surface area contributed by atoms with Crippen LogP contribution in [0.15, 0.2) is 56.4 Å². The number of hydrogen-bond donors (Lipinski definition) is 0. The van der Waals surface area contributed by atoms with E-state index in [0.29, 0.717) is 43.6 Å². The average molecular weight is 408 g/mol. The molecule has 0 aliphatic carbocycles. The number of furan rings is 1. The van der Waals surface area contributed by atoms with E-state index < -0.39 is 0 Å². The fraction of sp³-hybridized carbons (Fsp3) is 0.286. The highest BCUT2D eigenvalue weighted by atomic mass is 32.2. The van der Waals surface area contributed by atoms with Crippen LogP contribution in [0.3, 0.4) is 0 Å². The summed E-state index contributed by atoms with van der Waals surface area (Å²) in [6.07, 6.45) is 1.53. The first kappa shape index (κ1) is 19.2. The highest BCUT2D eigenvalue weighted by Crippen LogP contribution is 2.29. The number of piperazine rings is 1. The Balaban J connectivity index is 1.36. The van der Waals surface area contributed by atoms with Crippen LogP contribution in [0, 0.1) is 18.3 Å². The van der Waals surface area contributed by atoms with Crippen molar-refractivity contribution >= 4 is 23.6 Å². The van der Waals surface area contributed by atoms with Crippen LogP contribution in [0.2, 0.25) is 0 Å². The predicted molar refractivity (Wildman–Crippen MR) is 110 cm³/mol. The summed E-state index contributed by atoms with van der Waals surface area (Å²) in [4.78, 5) is 21.8. The second kappa shape index (κ2) is 8.45. The van der Waals surface area contributed by atoms with Gasteiger partial charge in [-0.1, -0.05) is 18.2 Å². The molecule has 3 heterocycles. The number of oxazole rings is 1. The summed E-state index contributed by atoms with van der Waals surface area (Å²) in [5.41, 5.74) is 1.41. The quantitative estimate of drug-likeness (QED) is 0.597. The van der Waals surface area contributed by atoms with E-state index in [1.54, 1.807) is 23.9 Å². The Hall–Kier alpha value is -3.18. The average Bonchev–Trinajstić information content (AvgIpc) is 3.42. The van der Waals surface area contributed by atoms with Crippen molar-refractivity contribution in [1.29, 1.82) is 5.26 Å². The number of nitriles is 1. The normalized spacial score (nSPS) is 14.1. The summed E-state index contributed by atoms with van der Waals surface area (Å²) in [7, 11) is 0. The van der Waals surface area contributed by atoms with Crippen LogP contribution in [0.5, 0.6) is 0 Å². The Morgan fingerprint density at radius 3 is 2.69 bits per heavy atom. The van der Waals surface area contributed by atoms with Gasteiger partial charge in [0.2, 0.25) is 17.5 Å². The molecule has 0 N–H and O–H groups in total. The minimum atomic E-state index is 0.118. The smallest absolute Gasteiger partial charge is 0.266 e. The molecule has 148 valence electrons. The van der Waals surface area contributed by atoms with Crippen LogP contribution in [-0.2, 0) is 4.79 Å². The van der Waals surface area contributed by atoms with Gasteiger partial charge in [0, 0.05) is 31.1 Å². The molecule has 0 radical (unpaired) electrons. The molecule has 1 saturated heterocycles. The summed E-state index contributed by atoms with van der Waals surface area (Å²) >= 11 is 1.57. The molecule has 1 amide bonds. The zero-order valence-electron chi connectivity index (χ0n) is 16.0. The first-order valence-corrected chi connectivity index (χ1v) is 10.3. The van der Waals surface area contributed by atoms with Gasteiger partial charge in [-0.3, -0.25) is 4.79 Å². The van der Waals surface area contributed by atoms with Crippen molar-refractivity contribution in [1.82, 2.24) is 9.88 Å².